The summed E-state index contributed by atoms with van der Waals surface area (Å²) in [6.45, 7) is 6.67. The molecule has 1 aromatic rings. The molecule has 0 heterocycles. The summed E-state index contributed by atoms with van der Waals surface area (Å²) in [5.74, 6) is 0. The minimum Gasteiger partial charge on any atom is -0.324 e. The molecular weight excluding hydrogens is 158 g/mol. The van der Waals surface area contributed by atoms with Crippen LogP contribution in [0.2, 0.25) is 0 Å². The van der Waals surface area contributed by atoms with E-state index in [0.29, 0.717) is 0 Å². The highest BCUT2D eigenvalue weighted by atomic mass is 14.7. The number of hydrogen-bond acceptors (Lipinski definition) is 1. The van der Waals surface area contributed by atoms with E-state index < -0.39 is 0 Å². The number of nitrogens with two attached hydrogens (primary N) is 1. The Morgan fingerprint density at radius 1 is 1.38 bits per heavy atom. The molecule has 0 bridgehead atoms. The van der Waals surface area contributed by atoms with Crippen LogP contribution in [-0.4, -0.2) is 0 Å². The maximum atomic E-state index is 6.09. The summed E-state index contributed by atoms with van der Waals surface area (Å²) in [6.07, 6.45) is 1.08. The molecule has 1 atom stereocenters. The average molecular weight is 175 g/mol. The predicted octanol–water partition coefficient (Wildman–Crippen LogP) is 2.68. The lowest BCUT2D eigenvalue weighted by Gasteiger charge is -2.18. The van der Waals surface area contributed by atoms with E-state index >= 15 is 0 Å². The van der Waals surface area contributed by atoms with Crippen LogP contribution in [0.15, 0.2) is 18.2 Å². The molecule has 0 aromatic heterocycles. The normalized spacial score (nSPS) is 24.5. The molecule has 0 radical (unpaired) electrons. The van der Waals surface area contributed by atoms with Gasteiger partial charge in [-0.2, -0.15) is 0 Å². The molecule has 0 aliphatic heterocycles. The third-order valence-corrected chi connectivity index (χ3v) is 3.07. The highest BCUT2D eigenvalue weighted by Gasteiger charge is 2.34. The molecule has 1 heteroatoms. The van der Waals surface area contributed by atoms with Crippen molar-refractivity contribution in [2.75, 3.05) is 0 Å². The number of fused-ring (bicyclic) bond motifs is 1. The van der Waals surface area contributed by atoms with Crippen LogP contribution in [0, 0.1) is 6.92 Å². The summed E-state index contributed by atoms with van der Waals surface area (Å²) in [4.78, 5) is 0. The average Bonchev–Trinajstić information content (AvgIpc) is 2.22. The van der Waals surface area contributed by atoms with E-state index in [1.54, 1.807) is 0 Å². The van der Waals surface area contributed by atoms with E-state index in [9.17, 15) is 0 Å². The predicted molar refractivity (Wildman–Crippen MR) is 55.8 cm³/mol. The monoisotopic (exact) mass is 175 g/mol. The van der Waals surface area contributed by atoms with Gasteiger partial charge in [0.15, 0.2) is 0 Å². The fraction of sp³-hybridized carbons (Fsp3) is 0.500. The van der Waals surface area contributed by atoms with Gasteiger partial charge in [-0.15, -0.1) is 0 Å². The van der Waals surface area contributed by atoms with Crippen LogP contribution >= 0.6 is 0 Å². The third-order valence-electron chi connectivity index (χ3n) is 3.07. The summed E-state index contributed by atoms with van der Waals surface area (Å²) < 4.78 is 0. The minimum absolute atomic E-state index is 0.241. The molecule has 0 amide bonds. The summed E-state index contributed by atoms with van der Waals surface area (Å²) in [7, 11) is 0. The van der Waals surface area contributed by atoms with Crippen molar-refractivity contribution < 1.29 is 0 Å². The Morgan fingerprint density at radius 2 is 2.08 bits per heavy atom. The maximum Gasteiger partial charge on any atom is 0.0306 e. The first-order valence-corrected chi connectivity index (χ1v) is 4.87. The molecule has 1 aliphatic rings. The molecular formula is C12H17N. The summed E-state index contributed by atoms with van der Waals surface area (Å²) >= 11 is 0. The van der Waals surface area contributed by atoms with Crippen molar-refractivity contribution >= 4 is 0 Å². The van der Waals surface area contributed by atoms with Gasteiger partial charge in [-0.1, -0.05) is 37.6 Å². The van der Waals surface area contributed by atoms with E-state index in [1.807, 2.05) is 0 Å². The second kappa shape index (κ2) is 2.58. The van der Waals surface area contributed by atoms with Crippen molar-refractivity contribution in [2.24, 2.45) is 5.73 Å². The number of hydrogen-bond donors (Lipinski definition) is 1. The van der Waals surface area contributed by atoms with Gasteiger partial charge in [0.1, 0.15) is 0 Å². The molecule has 13 heavy (non-hydrogen) atoms. The maximum absolute atomic E-state index is 6.09. The van der Waals surface area contributed by atoms with Gasteiger partial charge in [-0.3, -0.25) is 0 Å². The quantitative estimate of drug-likeness (QED) is 0.644. The fourth-order valence-corrected chi connectivity index (χ4v) is 2.37. The first-order valence-electron chi connectivity index (χ1n) is 4.87. The zero-order valence-corrected chi connectivity index (χ0v) is 8.59. The van der Waals surface area contributed by atoms with Crippen LogP contribution < -0.4 is 5.73 Å². The number of rotatable bonds is 0. The Kier molecular flexibility index (Phi) is 1.74. The lowest BCUT2D eigenvalue weighted by molar-refractivity contribution is 0.481. The van der Waals surface area contributed by atoms with Gasteiger partial charge in [0.25, 0.3) is 0 Å². The van der Waals surface area contributed by atoms with Crippen LogP contribution in [0.1, 0.15) is 43.0 Å². The SMILES string of the molecule is Cc1ccc2c(c1)C(N)CC2(C)C. The second-order valence-electron chi connectivity index (χ2n) is 4.79. The Labute approximate surface area is 80.0 Å². The highest BCUT2D eigenvalue weighted by Crippen LogP contribution is 2.43. The lowest BCUT2D eigenvalue weighted by atomic mass is 9.86. The van der Waals surface area contributed by atoms with Gasteiger partial charge in [0, 0.05) is 6.04 Å². The minimum atomic E-state index is 0.241. The topological polar surface area (TPSA) is 26.0 Å². The van der Waals surface area contributed by atoms with Gasteiger partial charge >= 0.3 is 0 Å². The summed E-state index contributed by atoms with van der Waals surface area (Å²) in [6, 6.07) is 6.88. The molecule has 2 N–H and O–H groups in total. The van der Waals surface area contributed by atoms with Crippen molar-refractivity contribution in [3.05, 3.63) is 34.9 Å². The van der Waals surface area contributed by atoms with Crippen molar-refractivity contribution in [1.29, 1.82) is 0 Å². The van der Waals surface area contributed by atoms with Crippen LogP contribution in [-0.2, 0) is 5.41 Å². The van der Waals surface area contributed by atoms with Crippen LogP contribution in [0.4, 0.5) is 0 Å². The molecule has 0 saturated heterocycles. The van der Waals surface area contributed by atoms with Gasteiger partial charge in [-0.05, 0) is 29.9 Å². The van der Waals surface area contributed by atoms with Crippen molar-refractivity contribution in [1.82, 2.24) is 0 Å². The summed E-state index contributed by atoms with van der Waals surface area (Å²) in [5, 5.41) is 0. The second-order valence-corrected chi connectivity index (χ2v) is 4.79. The first-order chi connectivity index (χ1) is 6.00. The molecule has 1 unspecified atom stereocenters. The Morgan fingerprint density at radius 3 is 2.77 bits per heavy atom. The third kappa shape index (κ3) is 1.28. The first kappa shape index (κ1) is 8.76. The number of benzene rings is 1. The van der Waals surface area contributed by atoms with E-state index in [-0.39, 0.29) is 11.5 Å². The Balaban J connectivity index is 2.59. The molecule has 1 nitrogen and oxygen atoms in total. The fourth-order valence-electron chi connectivity index (χ4n) is 2.37. The molecule has 0 spiro atoms. The smallest absolute Gasteiger partial charge is 0.0306 e. The zero-order valence-electron chi connectivity index (χ0n) is 8.59. The lowest BCUT2D eigenvalue weighted by Crippen LogP contribution is -2.14. The summed E-state index contributed by atoms with van der Waals surface area (Å²) in [5.41, 5.74) is 10.5. The van der Waals surface area contributed by atoms with Gasteiger partial charge < -0.3 is 5.73 Å². The largest absolute Gasteiger partial charge is 0.324 e. The van der Waals surface area contributed by atoms with Crippen LogP contribution in [0.3, 0.4) is 0 Å². The van der Waals surface area contributed by atoms with Gasteiger partial charge in [-0.25, -0.2) is 0 Å². The molecule has 2 rings (SSSR count). The zero-order chi connectivity index (χ0) is 9.64. The van der Waals surface area contributed by atoms with E-state index in [0.717, 1.165) is 6.42 Å². The standard InChI is InChI=1S/C12H17N/c1-8-4-5-10-9(6-8)11(13)7-12(10,2)3/h4-6,11H,7,13H2,1-3H3. The van der Waals surface area contributed by atoms with Gasteiger partial charge in [0.2, 0.25) is 0 Å². The van der Waals surface area contributed by atoms with E-state index in [2.05, 4.69) is 39.0 Å². The molecule has 1 aliphatic carbocycles. The van der Waals surface area contributed by atoms with E-state index in [4.69, 9.17) is 5.73 Å². The van der Waals surface area contributed by atoms with Crippen LogP contribution in [0.5, 0.6) is 0 Å². The number of aryl methyl sites for hydroxylation is 1. The Hall–Kier alpha value is -0.820. The van der Waals surface area contributed by atoms with E-state index in [1.165, 1.54) is 16.7 Å². The molecule has 0 fully saturated rings. The van der Waals surface area contributed by atoms with Crippen molar-refractivity contribution in [3.8, 4) is 0 Å². The highest BCUT2D eigenvalue weighted by molar-refractivity contribution is 5.42. The molecule has 70 valence electrons. The molecule has 0 saturated carbocycles. The molecule has 1 aromatic carbocycles. The van der Waals surface area contributed by atoms with Crippen molar-refractivity contribution in [3.63, 3.8) is 0 Å². The van der Waals surface area contributed by atoms with Crippen LogP contribution in [0.25, 0.3) is 0 Å². The Bertz CT molecular complexity index is 339. The van der Waals surface area contributed by atoms with Crippen molar-refractivity contribution in [2.45, 2.75) is 38.6 Å². The van der Waals surface area contributed by atoms with Gasteiger partial charge in [0.05, 0.1) is 0 Å².